The summed E-state index contributed by atoms with van der Waals surface area (Å²) in [6.07, 6.45) is 5.16. The summed E-state index contributed by atoms with van der Waals surface area (Å²) in [7, 11) is 0. The lowest BCUT2D eigenvalue weighted by molar-refractivity contribution is -0.124. The zero-order chi connectivity index (χ0) is 23.0. The van der Waals surface area contributed by atoms with Gasteiger partial charge in [0.05, 0.1) is 30.5 Å². The maximum Gasteiger partial charge on any atom is 0.335 e. The number of hydrogen-bond acceptors (Lipinski definition) is 4. The third kappa shape index (κ3) is 7.09. The topological polar surface area (TPSA) is 84.2 Å². The van der Waals surface area contributed by atoms with Crippen LogP contribution in [0.25, 0.3) is 0 Å². The molecule has 8 heteroatoms. The molecule has 0 saturated heterocycles. The summed E-state index contributed by atoms with van der Waals surface area (Å²) in [6.45, 7) is 6.74. The van der Waals surface area contributed by atoms with Gasteiger partial charge in [-0.2, -0.15) is 12.6 Å². The van der Waals surface area contributed by atoms with Crippen molar-refractivity contribution in [3.63, 3.8) is 0 Å². The highest BCUT2D eigenvalue weighted by Crippen LogP contribution is 2.18. The molecular formula is C23H32FN3O3S. The van der Waals surface area contributed by atoms with Crippen LogP contribution in [0.3, 0.4) is 0 Å². The number of carbonyl (C=O) groups excluding carboxylic acids is 1. The van der Waals surface area contributed by atoms with Gasteiger partial charge in [-0.15, -0.1) is 0 Å². The van der Waals surface area contributed by atoms with E-state index in [1.807, 2.05) is 4.57 Å². The lowest BCUT2D eigenvalue weighted by Gasteiger charge is -2.18. The molecule has 0 unspecified atom stereocenters. The molecule has 2 rings (SSSR count). The fourth-order valence-corrected chi connectivity index (χ4v) is 3.77. The minimum atomic E-state index is -1.17. The van der Waals surface area contributed by atoms with Gasteiger partial charge in [0.15, 0.2) is 0 Å². The third-order valence-electron chi connectivity index (χ3n) is 5.19. The molecule has 0 fully saturated rings. The summed E-state index contributed by atoms with van der Waals surface area (Å²) in [5, 5.41) is 12.0. The largest absolute Gasteiger partial charge is 0.478 e. The Kier molecular flexibility index (Phi) is 9.55. The monoisotopic (exact) mass is 449 g/mol. The van der Waals surface area contributed by atoms with Crippen molar-refractivity contribution in [1.82, 2.24) is 14.9 Å². The molecule has 1 aromatic carbocycles. The molecule has 0 spiro atoms. The Bertz CT molecular complexity index is 898. The van der Waals surface area contributed by atoms with Gasteiger partial charge in [0.25, 0.3) is 0 Å². The van der Waals surface area contributed by atoms with E-state index >= 15 is 0 Å². The molecule has 31 heavy (non-hydrogen) atoms. The first-order valence-electron chi connectivity index (χ1n) is 10.7. The highest BCUT2D eigenvalue weighted by atomic mass is 32.1. The number of nitrogens with zero attached hydrogens (tertiary/aromatic N) is 2. The van der Waals surface area contributed by atoms with E-state index in [2.05, 4.69) is 43.7 Å². The molecular weight excluding hydrogens is 417 g/mol. The Morgan fingerprint density at radius 3 is 2.65 bits per heavy atom. The number of halogens is 1. The number of rotatable bonds is 12. The highest BCUT2D eigenvalue weighted by molar-refractivity contribution is 7.80. The van der Waals surface area contributed by atoms with Crippen LogP contribution in [-0.4, -0.2) is 32.3 Å². The van der Waals surface area contributed by atoms with Crippen molar-refractivity contribution in [3.05, 3.63) is 52.9 Å². The van der Waals surface area contributed by atoms with Crippen LogP contribution in [0.15, 0.2) is 24.4 Å². The van der Waals surface area contributed by atoms with Gasteiger partial charge in [0.2, 0.25) is 5.91 Å². The Morgan fingerprint density at radius 2 is 2.06 bits per heavy atom. The predicted octanol–water partition coefficient (Wildman–Crippen LogP) is 4.32. The summed E-state index contributed by atoms with van der Waals surface area (Å²) in [5.41, 5.74) is 1.07. The SMILES string of the molecule is CCCCc1ncc(CNC(=O)[C@@H](CS)CC(C)C)n1Cc1ccc(C(=O)O)cc1F. The Balaban J connectivity index is 2.22. The summed E-state index contributed by atoms with van der Waals surface area (Å²) in [5.74, 6) is -0.264. The molecule has 0 aliphatic heterocycles. The van der Waals surface area contributed by atoms with E-state index in [4.69, 9.17) is 5.11 Å². The number of nitrogens with one attached hydrogen (secondary N) is 1. The number of aromatic carboxylic acids is 1. The lowest BCUT2D eigenvalue weighted by Crippen LogP contribution is -2.33. The molecule has 2 N–H and O–H groups in total. The van der Waals surface area contributed by atoms with E-state index in [0.717, 1.165) is 43.3 Å². The molecule has 6 nitrogen and oxygen atoms in total. The first-order valence-corrected chi connectivity index (χ1v) is 11.3. The molecule has 1 heterocycles. The molecule has 2 aromatic rings. The Labute approximate surface area is 188 Å². The van der Waals surface area contributed by atoms with Crippen molar-refractivity contribution in [1.29, 1.82) is 0 Å². The van der Waals surface area contributed by atoms with Crippen LogP contribution in [0.1, 0.15) is 67.5 Å². The Hall–Kier alpha value is -2.35. The van der Waals surface area contributed by atoms with Crippen molar-refractivity contribution >= 4 is 24.5 Å². The molecule has 0 bridgehead atoms. The van der Waals surface area contributed by atoms with E-state index in [9.17, 15) is 14.0 Å². The van der Waals surface area contributed by atoms with Crippen LogP contribution >= 0.6 is 12.6 Å². The molecule has 0 radical (unpaired) electrons. The average Bonchev–Trinajstić information content (AvgIpc) is 3.11. The summed E-state index contributed by atoms with van der Waals surface area (Å²) < 4.78 is 16.4. The molecule has 1 amide bonds. The number of carbonyl (C=O) groups is 2. The summed E-state index contributed by atoms with van der Waals surface area (Å²) >= 11 is 4.31. The fourth-order valence-electron chi connectivity index (χ4n) is 3.46. The standard InChI is InChI=1S/C23H32FN3O3S/c1-4-5-6-21-25-11-19(12-26-22(28)18(14-31)9-15(2)3)27(21)13-17-8-7-16(23(29)30)10-20(17)24/h7-8,10-11,15,18,31H,4-6,9,12-14H2,1-3H3,(H,26,28)(H,29,30)/t18-/m1/s1. The smallest absolute Gasteiger partial charge is 0.335 e. The second kappa shape index (κ2) is 11.9. The summed E-state index contributed by atoms with van der Waals surface area (Å²) in [6, 6.07) is 3.92. The van der Waals surface area contributed by atoms with Gasteiger partial charge in [0, 0.05) is 23.7 Å². The van der Waals surface area contributed by atoms with E-state index in [0.29, 0.717) is 17.2 Å². The summed E-state index contributed by atoms with van der Waals surface area (Å²) in [4.78, 5) is 28.2. The van der Waals surface area contributed by atoms with Crippen molar-refractivity contribution < 1.29 is 19.1 Å². The number of amides is 1. The second-order valence-corrected chi connectivity index (χ2v) is 8.56. The first-order chi connectivity index (χ1) is 14.8. The molecule has 0 aliphatic rings. The highest BCUT2D eigenvalue weighted by Gasteiger charge is 2.19. The zero-order valence-electron chi connectivity index (χ0n) is 18.4. The van der Waals surface area contributed by atoms with Crippen LogP contribution in [-0.2, 0) is 24.3 Å². The first kappa shape index (κ1) is 24.9. The van der Waals surface area contributed by atoms with E-state index < -0.39 is 11.8 Å². The van der Waals surface area contributed by atoms with Crippen LogP contribution in [0.5, 0.6) is 0 Å². The quantitative estimate of drug-likeness (QED) is 0.422. The van der Waals surface area contributed by atoms with E-state index in [1.54, 1.807) is 6.20 Å². The number of carboxylic acids is 1. The van der Waals surface area contributed by atoms with Crippen molar-refractivity contribution in [2.45, 2.75) is 59.5 Å². The number of benzene rings is 1. The predicted molar refractivity (Wildman–Crippen MR) is 122 cm³/mol. The van der Waals surface area contributed by atoms with Crippen LogP contribution in [0, 0.1) is 17.7 Å². The third-order valence-corrected chi connectivity index (χ3v) is 5.63. The lowest BCUT2D eigenvalue weighted by atomic mass is 9.98. The number of thiol groups is 1. The van der Waals surface area contributed by atoms with Gasteiger partial charge in [-0.25, -0.2) is 14.2 Å². The van der Waals surface area contributed by atoms with Crippen molar-refractivity contribution in [2.75, 3.05) is 5.75 Å². The fraction of sp³-hybridized carbons (Fsp3) is 0.522. The maximum absolute atomic E-state index is 14.5. The van der Waals surface area contributed by atoms with Crippen LogP contribution in [0.4, 0.5) is 4.39 Å². The van der Waals surface area contributed by atoms with E-state index in [-0.39, 0.29) is 30.5 Å². The number of unbranched alkanes of at least 4 members (excludes halogenated alkanes) is 1. The molecule has 0 saturated carbocycles. The molecule has 0 aliphatic carbocycles. The number of imidazole rings is 1. The van der Waals surface area contributed by atoms with Gasteiger partial charge in [0.1, 0.15) is 11.6 Å². The van der Waals surface area contributed by atoms with Gasteiger partial charge in [-0.05, 0) is 30.9 Å². The van der Waals surface area contributed by atoms with Crippen molar-refractivity contribution in [3.8, 4) is 0 Å². The van der Waals surface area contributed by atoms with E-state index in [1.165, 1.54) is 12.1 Å². The maximum atomic E-state index is 14.5. The normalized spacial score (nSPS) is 12.2. The minimum absolute atomic E-state index is 0.0523. The van der Waals surface area contributed by atoms with Gasteiger partial charge in [-0.3, -0.25) is 4.79 Å². The Morgan fingerprint density at radius 1 is 1.32 bits per heavy atom. The van der Waals surface area contributed by atoms with Crippen LogP contribution in [0.2, 0.25) is 0 Å². The number of carboxylic acid groups (broad SMARTS) is 1. The number of aryl methyl sites for hydroxylation is 1. The second-order valence-electron chi connectivity index (χ2n) is 8.19. The van der Waals surface area contributed by atoms with Crippen LogP contribution < -0.4 is 5.32 Å². The molecule has 1 atom stereocenters. The number of aromatic nitrogens is 2. The van der Waals surface area contributed by atoms with Gasteiger partial charge < -0.3 is 15.0 Å². The minimum Gasteiger partial charge on any atom is -0.478 e. The van der Waals surface area contributed by atoms with Gasteiger partial charge in [-0.1, -0.05) is 33.3 Å². The zero-order valence-corrected chi connectivity index (χ0v) is 19.3. The molecule has 1 aromatic heterocycles. The van der Waals surface area contributed by atoms with Gasteiger partial charge >= 0.3 is 5.97 Å². The average molecular weight is 450 g/mol. The molecule has 170 valence electrons. The number of hydrogen-bond donors (Lipinski definition) is 3. The van der Waals surface area contributed by atoms with Crippen molar-refractivity contribution in [2.24, 2.45) is 11.8 Å².